The fourth-order valence-electron chi connectivity index (χ4n) is 2.38. The van der Waals surface area contributed by atoms with Crippen LogP contribution in [0.4, 0.5) is 0 Å². The monoisotopic (exact) mass is 410 g/mol. The Balaban J connectivity index is 2.12. The Morgan fingerprint density at radius 3 is 2.42 bits per heavy atom. The number of carbonyl (C=O) groups excluding carboxylic acids is 2. The van der Waals surface area contributed by atoms with E-state index < -0.39 is 6.04 Å². The predicted octanol–water partition coefficient (Wildman–Crippen LogP) is 4.25. The number of nitrogens with zero attached hydrogens (tertiary/aromatic N) is 1. The average Bonchev–Trinajstić information content (AvgIpc) is 2.64. The van der Waals surface area contributed by atoms with Crippen molar-refractivity contribution in [3.63, 3.8) is 0 Å². The summed E-state index contributed by atoms with van der Waals surface area (Å²) in [6, 6.07) is 14.0. The van der Waals surface area contributed by atoms with Crippen molar-refractivity contribution in [3.8, 4) is 0 Å². The van der Waals surface area contributed by atoms with Crippen LogP contribution in [0.3, 0.4) is 0 Å². The van der Waals surface area contributed by atoms with Gasteiger partial charge in [0.2, 0.25) is 11.8 Å². The molecule has 0 bridgehead atoms. The molecule has 7 heteroatoms. The van der Waals surface area contributed by atoms with Crippen molar-refractivity contribution in [1.82, 2.24) is 10.2 Å². The van der Waals surface area contributed by atoms with E-state index in [0.717, 1.165) is 10.5 Å². The number of amides is 2. The van der Waals surface area contributed by atoms with Crippen LogP contribution in [0.1, 0.15) is 12.5 Å². The Kier molecular flexibility index (Phi) is 7.82. The van der Waals surface area contributed by atoms with E-state index in [2.05, 4.69) is 5.32 Å². The Hall–Kier alpha value is -1.69. The van der Waals surface area contributed by atoms with Gasteiger partial charge < -0.3 is 10.2 Å². The normalized spacial score (nSPS) is 11.7. The molecular weight excluding hydrogens is 391 g/mol. The molecule has 0 aliphatic heterocycles. The zero-order chi connectivity index (χ0) is 19.1. The van der Waals surface area contributed by atoms with Gasteiger partial charge in [-0.2, -0.15) is 0 Å². The molecule has 138 valence electrons. The molecule has 0 aliphatic carbocycles. The summed E-state index contributed by atoms with van der Waals surface area (Å²) >= 11 is 13.3. The molecule has 0 fully saturated rings. The molecule has 2 rings (SSSR count). The summed E-state index contributed by atoms with van der Waals surface area (Å²) in [4.78, 5) is 27.4. The van der Waals surface area contributed by atoms with E-state index >= 15 is 0 Å². The van der Waals surface area contributed by atoms with Crippen molar-refractivity contribution in [2.24, 2.45) is 0 Å². The molecule has 1 atom stereocenters. The topological polar surface area (TPSA) is 49.4 Å². The van der Waals surface area contributed by atoms with Crippen molar-refractivity contribution in [2.45, 2.75) is 24.4 Å². The molecular formula is C19H20Cl2N2O2S. The number of halogens is 2. The van der Waals surface area contributed by atoms with Gasteiger partial charge in [-0.1, -0.05) is 35.3 Å². The third kappa shape index (κ3) is 5.94. The molecule has 0 spiro atoms. The highest BCUT2D eigenvalue weighted by Gasteiger charge is 2.25. The lowest BCUT2D eigenvalue weighted by atomic mass is 10.1. The molecule has 0 saturated carbocycles. The zero-order valence-corrected chi connectivity index (χ0v) is 16.9. The number of nitrogens with one attached hydrogen (secondary N) is 1. The molecule has 0 aromatic heterocycles. The minimum absolute atomic E-state index is 0.124. The summed E-state index contributed by atoms with van der Waals surface area (Å²) in [6.45, 7) is 2.03. The lowest BCUT2D eigenvalue weighted by Gasteiger charge is -2.28. The number of benzene rings is 2. The Morgan fingerprint density at radius 2 is 1.81 bits per heavy atom. The third-order valence-electron chi connectivity index (χ3n) is 3.83. The van der Waals surface area contributed by atoms with Crippen molar-refractivity contribution in [3.05, 3.63) is 64.1 Å². The number of carbonyl (C=O) groups is 2. The molecule has 0 heterocycles. The molecule has 1 unspecified atom stereocenters. The molecule has 2 amide bonds. The maximum Gasteiger partial charge on any atom is 0.242 e. The summed E-state index contributed by atoms with van der Waals surface area (Å²) < 4.78 is 0. The van der Waals surface area contributed by atoms with Crippen molar-refractivity contribution in [2.75, 3.05) is 12.8 Å². The van der Waals surface area contributed by atoms with Crippen LogP contribution in [-0.2, 0) is 16.1 Å². The van der Waals surface area contributed by atoms with Crippen LogP contribution in [0.5, 0.6) is 0 Å². The number of thioether (sulfide) groups is 1. The van der Waals surface area contributed by atoms with E-state index in [1.807, 2.05) is 24.3 Å². The SMILES string of the molecule is CNC(=O)C(C)N(Cc1cccc(Cl)c1)C(=O)CSc1ccc(Cl)cc1. The lowest BCUT2D eigenvalue weighted by Crippen LogP contribution is -2.47. The largest absolute Gasteiger partial charge is 0.357 e. The van der Waals surface area contributed by atoms with E-state index in [1.54, 1.807) is 43.1 Å². The summed E-state index contributed by atoms with van der Waals surface area (Å²) in [5.74, 6) is -0.110. The zero-order valence-electron chi connectivity index (χ0n) is 14.5. The van der Waals surface area contributed by atoms with E-state index in [1.165, 1.54) is 11.8 Å². The molecule has 0 saturated heterocycles. The van der Waals surface area contributed by atoms with Crippen LogP contribution in [0.25, 0.3) is 0 Å². The summed E-state index contributed by atoms with van der Waals surface area (Å²) in [5, 5.41) is 3.84. The second-order valence-corrected chi connectivity index (χ2v) is 7.61. The molecule has 0 aliphatic rings. The highest BCUT2D eigenvalue weighted by Crippen LogP contribution is 2.22. The van der Waals surface area contributed by atoms with Gasteiger partial charge in [0.05, 0.1) is 5.75 Å². The van der Waals surface area contributed by atoms with Crippen LogP contribution >= 0.6 is 35.0 Å². The number of hydrogen-bond donors (Lipinski definition) is 1. The molecule has 2 aromatic rings. The Bertz CT molecular complexity index is 768. The van der Waals surface area contributed by atoms with Crippen molar-refractivity contribution in [1.29, 1.82) is 0 Å². The molecule has 0 radical (unpaired) electrons. The molecule has 4 nitrogen and oxygen atoms in total. The Labute approximate surface area is 167 Å². The maximum atomic E-state index is 12.8. The van der Waals surface area contributed by atoms with E-state index in [-0.39, 0.29) is 17.6 Å². The highest BCUT2D eigenvalue weighted by atomic mass is 35.5. The second kappa shape index (κ2) is 9.86. The minimum Gasteiger partial charge on any atom is -0.357 e. The molecule has 26 heavy (non-hydrogen) atoms. The fraction of sp³-hybridized carbons (Fsp3) is 0.263. The smallest absolute Gasteiger partial charge is 0.242 e. The van der Waals surface area contributed by atoms with Crippen LogP contribution in [-0.4, -0.2) is 35.6 Å². The summed E-state index contributed by atoms with van der Waals surface area (Å²) in [6.07, 6.45) is 0. The first-order valence-electron chi connectivity index (χ1n) is 8.04. The standard InChI is InChI=1S/C19H20Cl2N2O2S/c1-13(19(25)22-2)23(11-14-4-3-5-16(21)10-14)18(24)12-26-17-8-6-15(20)7-9-17/h3-10,13H,11-12H2,1-2H3,(H,22,25). The van der Waals surface area contributed by atoms with Gasteiger partial charge in [-0.25, -0.2) is 0 Å². The lowest BCUT2D eigenvalue weighted by molar-refractivity contribution is -0.138. The van der Waals surface area contributed by atoms with Gasteiger partial charge in [-0.15, -0.1) is 11.8 Å². The van der Waals surface area contributed by atoms with Gasteiger partial charge in [0.1, 0.15) is 6.04 Å². The first-order valence-corrected chi connectivity index (χ1v) is 9.78. The third-order valence-corrected chi connectivity index (χ3v) is 5.32. The van der Waals surface area contributed by atoms with E-state index in [0.29, 0.717) is 16.6 Å². The van der Waals surface area contributed by atoms with Gasteiger partial charge >= 0.3 is 0 Å². The van der Waals surface area contributed by atoms with E-state index in [4.69, 9.17) is 23.2 Å². The number of rotatable bonds is 7. The first kappa shape index (κ1) is 20.6. The van der Waals surface area contributed by atoms with Crippen LogP contribution in [0.15, 0.2) is 53.4 Å². The predicted molar refractivity (Wildman–Crippen MR) is 108 cm³/mol. The number of likely N-dealkylation sites (N-methyl/N-ethyl adjacent to an activating group) is 1. The quantitative estimate of drug-likeness (QED) is 0.693. The average molecular weight is 411 g/mol. The molecule has 1 N–H and O–H groups in total. The van der Waals surface area contributed by atoms with Gasteiger partial charge in [0.25, 0.3) is 0 Å². The van der Waals surface area contributed by atoms with Crippen LogP contribution in [0, 0.1) is 0 Å². The summed E-state index contributed by atoms with van der Waals surface area (Å²) in [7, 11) is 1.56. The van der Waals surface area contributed by atoms with Gasteiger partial charge in [-0.05, 0) is 48.9 Å². The van der Waals surface area contributed by atoms with Crippen molar-refractivity contribution >= 4 is 46.8 Å². The van der Waals surface area contributed by atoms with E-state index in [9.17, 15) is 9.59 Å². The van der Waals surface area contributed by atoms with Crippen LogP contribution < -0.4 is 5.32 Å². The number of hydrogen-bond acceptors (Lipinski definition) is 3. The fourth-order valence-corrected chi connectivity index (χ4v) is 3.51. The van der Waals surface area contributed by atoms with Gasteiger partial charge in [0, 0.05) is 28.5 Å². The minimum atomic E-state index is -0.586. The first-order chi connectivity index (χ1) is 12.4. The maximum absolute atomic E-state index is 12.8. The van der Waals surface area contributed by atoms with Crippen LogP contribution in [0.2, 0.25) is 10.0 Å². The van der Waals surface area contributed by atoms with Gasteiger partial charge in [0.15, 0.2) is 0 Å². The Morgan fingerprint density at radius 1 is 1.12 bits per heavy atom. The van der Waals surface area contributed by atoms with Crippen molar-refractivity contribution < 1.29 is 9.59 Å². The van der Waals surface area contributed by atoms with Gasteiger partial charge in [-0.3, -0.25) is 9.59 Å². The molecule has 2 aromatic carbocycles. The highest BCUT2D eigenvalue weighted by molar-refractivity contribution is 8.00. The summed E-state index contributed by atoms with van der Waals surface area (Å²) in [5.41, 5.74) is 0.873. The second-order valence-electron chi connectivity index (χ2n) is 5.68.